The van der Waals surface area contributed by atoms with Crippen molar-refractivity contribution in [2.24, 2.45) is 0 Å². The number of nitrogen functional groups attached to an aromatic ring is 2. The Labute approximate surface area is 132 Å². The molecule has 1 fully saturated rings. The van der Waals surface area contributed by atoms with Gasteiger partial charge in [-0.25, -0.2) is 9.97 Å². The summed E-state index contributed by atoms with van der Waals surface area (Å²) in [6.07, 6.45) is 0. The predicted octanol–water partition coefficient (Wildman–Crippen LogP) is 1.93. The first kappa shape index (κ1) is 15.5. The molecule has 21 heavy (non-hydrogen) atoms. The van der Waals surface area contributed by atoms with Crippen LogP contribution in [0.4, 0.5) is 17.5 Å². The molecule has 0 aromatic carbocycles. The van der Waals surface area contributed by atoms with Crippen LogP contribution in [0.2, 0.25) is 0 Å². The number of aromatic nitrogens is 2. The maximum absolute atomic E-state index is 5.60. The summed E-state index contributed by atoms with van der Waals surface area (Å²) in [5.41, 5.74) is 10.9. The maximum atomic E-state index is 5.60. The van der Waals surface area contributed by atoms with Crippen molar-refractivity contribution >= 4 is 33.4 Å². The van der Waals surface area contributed by atoms with Gasteiger partial charge in [0.1, 0.15) is 22.1 Å². The summed E-state index contributed by atoms with van der Waals surface area (Å²) in [7, 11) is 0. The molecule has 2 aromatic heterocycles. The average Bonchev–Trinajstić information content (AvgIpc) is 2.49. The molecule has 0 unspecified atom stereocenters. The lowest BCUT2D eigenvalue weighted by molar-refractivity contribution is 0.122. The fourth-order valence-corrected chi connectivity index (χ4v) is 2.19. The smallest absolute Gasteiger partial charge is 0.131 e. The molecule has 7 heteroatoms. The van der Waals surface area contributed by atoms with Gasteiger partial charge in [0, 0.05) is 13.1 Å². The molecule has 4 N–H and O–H groups in total. The van der Waals surface area contributed by atoms with Crippen molar-refractivity contribution in [3.8, 4) is 0 Å². The first-order valence-electron chi connectivity index (χ1n) is 6.58. The summed E-state index contributed by atoms with van der Waals surface area (Å²) in [6, 6.07) is 11.1. The summed E-state index contributed by atoms with van der Waals surface area (Å²) in [4.78, 5) is 10.3. The number of rotatable bonds is 1. The van der Waals surface area contributed by atoms with Crippen LogP contribution >= 0.6 is 15.9 Å². The SMILES string of the molecule is Nc1cccc(Br)n1.Nc1cccc(N2CCOCC2)n1. The van der Waals surface area contributed by atoms with Crippen molar-refractivity contribution in [3.05, 3.63) is 41.0 Å². The van der Waals surface area contributed by atoms with Gasteiger partial charge in [-0.2, -0.15) is 0 Å². The van der Waals surface area contributed by atoms with Gasteiger partial charge in [-0.15, -0.1) is 0 Å². The lowest BCUT2D eigenvalue weighted by Crippen LogP contribution is -2.36. The van der Waals surface area contributed by atoms with Crippen molar-refractivity contribution < 1.29 is 4.74 Å². The van der Waals surface area contributed by atoms with Crippen LogP contribution in [-0.4, -0.2) is 36.3 Å². The van der Waals surface area contributed by atoms with Crippen LogP contribution in [-0.2, 0) is 4.74 Å². The molecule has 112 valence electrons. The topological polar surface area (TPSA) is 90.3 Å². The Hall–Kier alpha value is -1.86. The summed E-state index contributed by atoms with van der Waals surface area (Å²) in [6.45, 7) is 3.35. The van der Waals surface area contributed by atoms with Crippen LogP contribution in [0.3, 0.4) is 0 Å². The van der Waals surface area contributed by atoms with Crippen molar-refractivity contribution in [1.82, 2.24) is 9.97 Å². The van der Waals surface area contributed by atoms with Gasteiger partial charge < -0.3 is 21.1 Å². The second-order valence-electron chi connectivity index (χ2n) is 4.41. The fourth-order valence-electron chi connectivity index (χ4n) is 1.83. The van der Waals surface area contributed by atoms with Crippen molar-refractivity contribution in [2.75, 3.05) is 42.7 Å². The first-order chi connectivity index (χ1) is 10.1. The molecule has 2 aromatic rings. The van der Waals surface area contributed by atoms with Gasteiger partial charge in [-0.1, -0.05) is 12.1 Å². The van der Waals surface area contributed by atoms with E-state index >= 15 is 0 Å². The van der Waals surface area contributed by atoms with Crippen molar-refractivity contribution in [1.29, 1.82) is 0 Å². The van der Waals surface area contributed by atoms with E-state index in [1.54, 1.807) is 12.1 Å². The zero-order valence-electron chi connectivity index (χ0n) is 11.6. The Kier molecular flexibility index (Phi) is 5.77. The number of nitrogens with two attached hydrogens (primary N) is 2. The number of nitrogens with zero attached hydrogens (tertiary/aromatic N) is 3. The molecule has 0 spiro atoms. The van der Waals surface area contributed by atoms with Crippen LogP contribution in [0.25, 0.3) is 0 Å². The van der Waals surface area contributed by atoms with Gasteiger partial charge in [0.2, 0.25) is 0 Å². The molecule has 0 atom stereocenters. The van der Waals surface area contributed by atoms with E-state index in [4.69, 9.17) is 16.2 Å². The molecular weight excluding hydrogens is 334 g/mol. The van der Waals surface area contributed by atoms with E-state index < -0.39 is 0 Å². The molecule has 3 rings (SSSR count). The molecule has 1 aliphatic rings. The van der Waals surface area contributed by atoms with Crippen LogP contribution < -0.4 is 16.4 Å². The summed E-state index contributed by atoms with van der Waals surface area (Å²) < 4.78 is 6.03. The summed E-state index contributed by atoms with van der Waals surface area (Å²) >= 11 is 3.17. The predicted molar refractivity (Wildman–Crippen MR) is 88.0 cm³/mol. The minimum atomic E-state index is 0.541. The number of hydrogen-bond acceptors (Lipinski definition) is 6. The molecule has 0 aliphatic carbocycles. The van der Waals surface area contributed by atoms with Crippen LogP contribution in [0.1, 0.15) is 0 Å². The Morgan fingerprint density at radius 3 is 2.10 bits per heavy atom. The highest BCUT2D eigenvalue weighted by Gasteiger charge is 2.11. The monoisotopic (exact) mass is 351 g/mol. The summed E-state index contributed by atoms with van der Waals surface area (Å²) in [5, 5.41) is 0. The molecule has 1 saturated heterocycles. The molecular formula is C14H18BrN5O. The number of ether oxygens (including phenoxy) is 1. The fraction of sp³-hybridized carbons (Fsp3) is 0.286. The minimum absolute atomic E-state index is 0.541. The second kappa shape index (κ2) is 7.80. The van der Waals surface area contributed by atoms with Gasteiger partial charge in [0.15, 0.2) is 0 Å². The van der Waals surface area contributed by atoms with E-state index in [9.17, 15) is 0 Å². The van der Waals surface area contributed by atoms with E-state index in [1.807, 2.05) is 24.3 Å². The number of pyridine rings is 2. The lowest BCUT2D eigenvalue weighted by Gasteiger charge is -2.27. The lowest BCUT2D eigenvalue weighted by atomic mass is 10.3. The van der Waals surface area contributed by atoms with Gasteiger partial charge in [0.25, 0.3) is 0 Å². The van der Waals surface area contributed by atoms with Crippen molar-refractivity contribution in [2.45, 2.75) is 0 Å². The van der Waals surface area contributed by atoms with E-state index in [2.05, 4.69) is 30.8 Å². The largest absolute Gasteiger partial charge is 0.384 e. The number of halogens is 1. The Bertz CT molecular complexity index is 558. The second-order valence-corrected chi connectivity index (χ2v) is 5.22. The van der Waals surface area contributed by atoms with Crippen LogP contribution in [0.15, 0.2) is 41.0 Å². The zero-order valence-corrected chi connectivity index (χ0v) is 13.2. The van der Waals surface area contributed by atoms with E-state index in [0.29, 0.717) is 11.6 Å². The minimum Gasteiger partial charge on any atom is -0.384 e. The van der Waals surface area contributed by atoms with E-state index in [-0.39, 0.29) is 0 Å². The average molecular weight is 352 g/mol. The molecule has 0 saturated carbocycles. The molecule has 0 radical (unpaired) electrons. The standard InChI is InChI=1S/C9H13N3O.C5H5BrN2/c10-8-2-1-3-9(11-8)12-4-6-13-7-5-12;6-4-2-1-3-5(7)8-4/h1-3H,4-7H2,(H2,10,11);1-3H,(H2,7,8). The van der Waals surface area contributed by atoms with Crippen LogP contribution in [0.5, 0.6) is 0 Å². The van der Waals surface area contributed by atoms with Gasteiger partial charge in [-0.05, 0) is 40.2 Å². The van der Waals surface area contributed by atoms with Crippen molar-refractivity contribution in [3.63, 3.8) is 0 Å². The van der Waals surface area contributed by atoms with Gasteiger partial charge >= 0.3 is 0 Å². The third kappa shape index (κ3) is 5.20. The van der Waals surface area contributed by atoms with Gasteiger partial charge in [0.05, 0.1) is 13.2 Å². The highest BCUT2D eigenvalue weighted by molar-refractivity contribution is 9.10. The zero-order chi connectivity index (χ0) is 15.1. The molecule has 6 nitrogen and oxygen atoms in total. The third-order valence-corrected chi connectivity index (χ3v) is 3.27. The molecule has 1 aliphatic heterocycles. The Morgan fingerprint density at radius 1 is 0.952 bits per heavy atom. The Morgan fingerprint density at radius 2 is 1.57 bits per heavy atom. The number of morpholine rings is 1. The van der Waals surface area contributed by atoms with E-state index in [0.717, 1.165) is 36.7 Å². The first-order valence-corrected chi connectivity index (χ1v) is 7.38. The molecule has 0 bridgehead atoms. The Balaban J connectivity index is 0.000000173. The van der Waals surface area contributed by atoms with Crippen LogP contribution in [0, 0.1) is 0 Å². The highest BCUT2D eigenvalue weighted by Crippen LogP contribution is 2.13. The van der Waals surface area contributed by atoms with Gasteiger partial charge in [-0.3, -0.25) is 0 Å². The maximum Gasteiger partial charge on any atom is 0.131 e. The third-order valence-electron chi connectivity index (χ3n) is 2.83. The molecule has 3 heterocycles. The summed E-state index contributed by atoms with van der Waals surface area (Å²) in [5.74, 6) is 2.06. The molecule has 0 amide bonds. The normalized spacial score (nSPS) is 14.2. The number of hydrogen-bond donors (Lipinski definition) is 2. The quantitative estimate of drug-likeness (QED) is 0.763. The van der Waals surface area contributed by atoms with E-state index in [1.165, 1.54) is 0 Å². The number of anilines is 3. The highest BCUT2D eigenvalue weighted by atomic mass is 79.9.